The number of hydrogen-bond acceptors (Lipinski definition) is 4. The van der Waals surface area contributed by atoms with Gasteiger partial charge in [0, 0.05) is 28.6 Å². The second-order valence-electron chi connectivity index (χ2n) is 5.68. The smallest absolute Gasteiger partial charge is 0.267 e. The first-order chi connectivity index (χ1) is 12.3. The summed E-state index contributed by atoms with van der Waals surface area (Å²) < 4.78 is 27.7. The SMILES string of the molecule is C=C(SC1(N(N)C(C)=O)C(=O)Nc2ccccc21)c1cc(F)ccc1F. The second-order valence-corrected chi connectivity index (χ2v) is 6.97. The average Bonchev–Trinajstić information content (AvgIpc) is 2.88. The van der Waals surface area contributed by atoms with Crippen LogP contribution < -0.4 is 11.2 Å². The molecule has 8 heteroatoms. The molecule has 2 aromatic carbocycles. The van der Waals surface area contributed by atoms with E-state index in [1.54, 1.807) is 24.3 Å². The summed E-state index contributed by atoms with van der Waals surface area (Å²) in [5, 5.41) is 3.44. The van der Waals surface area contributed by atoms with E-state index in [4.69, 9.17) is 5.84 Å². The number of anilines is 1. The first kappa shape index (κ1) is 18.1. The molecule has 0 saturated heterocycles. The Morgan fingerprint density at radius 1 is 1.27 bits per heavy atom. The Bertz CT molecular complexity index is 934. The lowest BCUT2D eigenvalue weighted by molar-refractivity contribution is -0.138. The molecule has 134 valence electrons. The number of para-hydroxylation sites is 1. The van der Waals surface area contributed by atoms with E-state index in [0.29, 0.717) is 11.3 Å². The maximum atomic E-state index is 14.1. The monoisotopic (exact) mass is 375 g/mol. The molecule has 1 aliphatic rings. The number of nitrogens with two attached hydrogens (primary N) is 1. The van der Waals surface area contributed by atoms with Gasteiger partial charge in [0.1, 0.15) is 11.6 Å². The lowest BCUT2D eigenvalue weighted by Crippen LogP contribution is -2.54. The standard InChI is InChI=1S/C18H15F2N3O2S/c1-10(13-9-12(19)7-8-15(13)20)26-18(23(21)11(2)24)14-5-3-4-6-16(14)22-17(18)25/h3-9H,1,21H2,2H3,(H,22,25). The number of benzene rings is 2. The molecule has 0 aromatic heterocycles. The number of thioether (sulfide) groups is 1. The fourth-order valence-corrected chi connectivity index (χ4v) is 4.05. The lowest BCUT2D eigenvalue weighted by Gasteiger charge is -2.35. The van der Waals surface area contributed by atoms with Gasteiger partial charge in [-0.05, 0) is 24.3 Å². The van der Waals surface area contributed by atoms with Crippen LogP contribution in [0.5, 0.6) is 0 Å². The van der Waals surface area contributed by atoms with Crippen LogP contribution in [0.4, 0.5) is 14.5 Å². The highest BCUT2D eigenvalue weighted by molar-refractivity contribution is 8.09. The summed E-state index contributed by atoms with van der Waals surface area (Å²) in [6.45, 7) is 4.98. The fourth-order valence-electron chi connectivity index (χ4n) is 2.77. The molecule has 1 heterocycles. The molecule has 26 heavy (non-hydrogen) atoms. The number of carbonyl (C=O) groups is 2. The van der Waals surface area contributed by atoms with E-state index in [9.17, 15) is 18.4 Å². The zero-order valence-corrected chi connectivity index (χ0v) is 14.6. The molecule has 1 aliphatic heterocycles. The number of amides is 2. The van der Waals surface area contributed by atoms with Gasteiger partial charge in [-0.15, -0.1) is 0 Å². The Balaban J connectivity index is 2.12. The van der Waals surface area contributed by atoms with E-state index in [2.05, 4.69) is 11.9 Å². The van der Waals surface area contributed by atoms with Crippen molar-refractivity contribution in [2.75, 3.05) is 5.32 Å². The van der Waals surface area contributed by atoms with Crippen LogP contribution in [0.25, 0.3) is 4.91 Å². The number of halogens is 2. The summed E-state index contributed by atoms with van der Waals surface area (Å²) in [5.41, 5.74) is 0.809. The normalized spacial score (nSPS) is 18.2. The number of nitrogens with zero attached hydrogens (tertiary/aromatic N) is 1. The van der Waals surface area contributed by atoms with Gasteiger partial charge >= 0.3 is 0 Å². The Morgan fingerprint density at radius 2 is 1.96 bits per heavy atom. The molecule has 1 atom stereocenters. The van der Waals surface area contributed by atoms with Crippen molar-refractivity contribution in [3.8, 4) is 0 Å². The van der Waals surface area contributed by atoms with E-state index in [1.165, 1.54) is 6.92 Å². The van der Waals surface area contributed by atoms with Crippen LogP contribution >= 0.6 is 11.8 Å². The number of rotatable bonds is 4. The van der Waals surface area contributed by atoms with E-state index < -0.39 is 28.3 Å². The maximum Gasteiger partial charge on any atom is 0.267 e. The van der Waals surface area contributed by atoms with E-state index >= 15 is 0 Å². The molecule has 0 fully saturated rings. The average molecular weight is 375 g/mol. The third-order valence-electron chi connectivity index (χ3n) is 4.03. The fraction of sp³-hybridized carbons (Fsp3) is 0.111. The molecule has 0 spiro atoms. The minimum Gasteiger partial charge on any atom is -0.323 e. The van der Waals surface area contributed by atoms with Crippen LogP contribution in [0.3, 0.4) is 0 Å². The van der Waals surface area contributed by atoms with Crippen molar-refractivity contribution in [3.63, 3.8) is 0 Å². The van der Waals surface area contributed by atoms with Gasteiger partial charge in [-0.3, -0.25) is 9.59 Å². The summed E-state index contributed by atoms with van der Waals surface area (Å²) in [5.74, 6) is 3.46. The third-order valence-corrected chi connectivity index (χ3v) is 5.39. The van der Waals surface area contributed by atoms with Crippen molar-refractivity contribution < 1.29 is 18.4 Å². The van der Waals surface area contributed by atoms with Crippen molar-refractivity contribution >= 4 is 34.2 Å². The number of carbonyl (C=O) groups excluding carboxylic acids is 2. The highest BCUT2D eigenvalue weighted by Crippen LogP contribution is 2.52. The quantitative estimate of drug-likeness (QED) is 0.372. The Hall–Kier alpha value is -2.71. The van der Waals surface area contributed by atoms with Gasteiger partial charge in [0.2, 0.25) is 10.8 Å². The van der Waals surface area contributed by atoms with Crippen molar-refractivity contribution in [1.82, 2.24) is 5.01 Å². The number of hydrogen-bond donors (Lipinski definition) is 2. The first-order valence-electron chi connectivity index (χ1n) is 7.57. The highest BCUT2D eigenvalue weighted by Gasteiger charge is 2.53. The molecule has 0 aliphatic carbocycles. The van der Waals surface area contributed by atoms with E-state index in [1.807, 2.05) is 0 Å². The number of fused-ring (bicyclic) bond motifs is 1. The molecular formula is C18H15F2N3O2S. The van der Waals surface area contributed by atoms with Crippen LogP contribution in [0.1, 0.15) is 18.1 Å². The Kier molecular flexibility index (Phi) is 4.55. The summed E-state index contributed by atoms with van der Waals surface area (Å²) >= 11 is 0.785. The van der Waals surface area contributed by atoms with Crippen LogP contribution in [0, 0.1) is 11.6 Å². The minimum atomic E-state index is -1.68. The van der Waals surface area contributed by atoms with Crippen molar-refractivity contribution in [2.45, 2.75) is 11.8 Å². The minimum absolute atomic E-state index is 0.0607. The Morgan fingerprint density at radius 3 is 2.65 bits per heavy atom. The largest absolute Gasteiger partial charge is 0.323 e. The van der Waals surface area contributed by atoms with Gasteiger partial charge in [-0.1, -0.05) is 36.5 Å². The molecular weight excluding hydrogens is 360 g/mol. The molecule has 1 unspecified atom stereocenters. The second kappa shape index (κ2) is 6.54. The third kappa shape index (κ3) is 2.77. The van der Waals surface area contributed by atoms with Crippen molar-refractivity contribution in [2.24, 2.45) is 5.84 Å². The summed E-state index contributed by atoms with van der Waals surface area (Å²) in [6.07, 6.45) is 0. The first-order valence-corrected chi connectivity index (χ1v) is 8.39. The zero-order chi connectivity index (χ0) is 19.1. The maximum absolute atomic E-state index is 14.1. The van der Waals surface area contributed by atoms with Gasteiger partial charge in [0.25, 0.3) is 5.91 Å². The van der Waals surface area contributed by atoms with Gasteiger partial charge < -0.3 is 5.32 Å². The van der Waals surface area contributed by atoms with Gasteiger partial charge in [0.15, 0.2) is 0 Å². The van der Waals surface area contributed by atoms with E-state index in [0.717, 1.165) is 35.0 Å². The summed E-state index contributed by atoms with van der Waals surface area (Å²) in [6, 6.07) is 9.63. The molecule has 2 aromatic rings. The van der Waals surface area contributed by atoms with E-state index in [-0.39, 0.29) is 10.5 Å². The Labute approximate surface area is 152 Å². The summed E-state index contributed by atoms with van der Waals surface area (Å²) in [7, 11) is 0. The van der Waals surface area contributed by atoms with Crippen molar-refractivity contribution in [1.29, 1.82) is 0 Å². The highest BCUT2D eigenvalue weighted by atomic mass is 32.2. The van der Waals surface area contributed by atoms with Crippen molar-refractivity contribution in [3.05, 3.63) is 71.8 Å². The topological polar surface area (TPSA) is 75.4 Å². The molecule has 0 saturated carbocycles. The van der Waals surface area contributed by atoms with Crippen LogP contribution in [0.2, 0.25) is 0 Å². The molecule has 2 amide bonds. The molecule has 0 bridgehead atoms. The number of hydrazine groups is 1. The molecule has 3 N–H and O–H groups in total. The van der Waals surface area contributed by atoms with Crippen LogP contribution in [-0.4, -0.2) is 16.8 Å². The van der Waals surface area contributed by atoms with Crippen LogP contribution in [0.15, 0.2) is 49.0 Å². The van der Waals surface area contributed by atoms with Crippen LogP contribution in [-0.2, 0) is 14.5 Å². The predicted octanol–water partition coefficient (Wildman–Crippen LogP) is 3.20. The molecule has 5 nitrogen and oxygen atoms in total. The number of nitrogens with one attached hydrogen (secondary N) is 1. The summed E-state index contributed by atoms with van der Waals surface area (Å²) in [4.78, 5) is 23.2. The van der Waals surface area contributed by atoms with Gasteiger partial charge in [-0.2, -0.15) is 0 Å². The zero-order valence-electron chi connectivity index (χ0n) is 13.8. The predicted molar refractivity (Wildman–Crippen MR) is 96.4 cm³/mol. The van der Waals surface area contributed by atoms with Gasteiger partial charge in [0.05, 0.1) is 0 Å². The molecule has 0 radical (unpaired) electrons. The van der Waals surface area contributed by atoms with Gasteiger partial charge in [-0.25, -0.2) is 19.6 Å². The lowest BCUT2D eigenvalue weighted by atomic mass is 10.1. The molecule has 3 rings (SSSR count).